The van der Waals surface area contributed by atoms with E-state index in [-0.39, 0.29) is 28.9 Å². The second-order valence-electron chi connectivity index (χ2n) is 8.69. The lowest BCUT2D eigenvalue weighted by atomic mass is 10.1. The number of carboxylic acids is 4. The zero-order valence-corrected chi connectivity index (χ0v) is 20.8. The molecule has 0 fully saturated rings. The minimum absolute atomic E-state index is 0.0000794. The van der Waals surface area contributed by atoms with E-state index in [1.165, 1.54) is 73.3 Å². The summed E-state index contributed by atoms with van der Waals surface area (Å²) in [5, 5.41) is 42.3. The number of rotatable bonds is 8. The van der Waals surface area contributed by atoms with Gasteiger partial charge in [-0.1, -0.05) is 0 Å². The van der Waals surface area contributed by atoms with E-state index in [1.54, 1.807) is 32.4 Å². The number of aromatic nitrogens is 4. The van der Waals surface area contributed by atoms with Crippen molar-refractivity contribution in [2.45, 2.75) is 6.67 Å². The number of pyridine rings is 4. The minimum Gasteiger partial charge on any atom is -0.545 e. The first-order chi connectivity index (χ1) is 18.5. The molecule has 4 heterocycles. The van der Waals surface area contributed by atoms with Gasteiger partial charge in [0.25, 0.3) is 22.8 Å². The van der Waals surface area contributed by atoms with Crippen molar-refractivity contribution in [3.05, 3.63) is 95.6 Å². The first-order valence-corrected chi connectivity index (χ1v) is 11.4. The molecule has 12 nitrogen and oxygen atoms in total. The predicted octanol–water partition coefficient (Wildman–Crippen LogP) is -2.13. The van der Waals surface area contributed by atoms with Crippen molar-refractivity contribution in [3.63, 3.8) is 0 Å². The van der Waals surface area contributed by atoms with Crippen molar-refractivity contribution in [3.8, 4) is 22.8 Å². The quantitative estimate of drug-likeness (QED) is 0.243. The van der Waals surface area contributed by atoms with Crippen LogP contribution >= 0.6 is 0 Å². The van der Waals surface area contributed by atoms with Crippen LogP contribution < -0.4 is 28.5 Å². The van der Waals surface area contributed by atoms with E-state index in [0.717, 1.165) is 0 Å². The lowest BCUT2D eigenvalue weighted by Crippen LogP contribution is -2.55. The van der Waals surface area contributed by atoms with E-state index in [1.807, 2.05) is 0 Å². The number of hydrogen-bond acceptors (Lipinski definition) is 6. The van der Waals surface area contributed by atoms with Gasteiger partial charge in [0.2, 0.25) is 0 Å². The van der Waals surface area contributed by atoms with Gasteiger partial charge < -0.3 is 30.0 Å². The molecule has 0 aliphatic heterocycles. The Morgan fingerprint density at radius 3 is 1.26 bits per heavy atom. The number of hydrogen-bond donors (Lipinski definition) is 2. The molecule has 4 aromatic rings. The van der Waals surface area contributed by atoms with Crippen molar-refractivity contribution >= 4 is 23.9 Å². The van der Waals surface area contributed by atoms with Crippen LogP contribution in [0.3, 0.4) is 0 Å². The molecule has 0 aliphatic carbocycles. The Bertz CT molecular complexity index is 1560. The highest BCUT2D eigenvalue weighted by molar-refractivity contribution is 5.90. The SMILES string of the molecule is C[n+]1ccc(C(=O)O)cc1-c1cc(C(=O)[O-])cc[n+]1C[n+]1ccc(C(=O)[O-])cc1-c1cc(C(=O)O)cc[n+]1C. The Labute approximate surface area is 221 Å². The molecule has 0 unspecified atom stereocenters. The van der Waals surface area contributed by atoms with Crippen molar-refractivity contribution in [2.24, 2.45) is 14.1 Å². The monoisotopic (exact) mass is 530 g/mol. The average molecular weight is 530 g/mol. The Kier molecular flexibility index (Phi) is 7.12. The van der Waals surface area contributed by atoms with Gasteiger partial charge in [-0.2, -0.15) is 9.13 Å². The van der Waals surface area contributed by atoms with E-state index < -0.39 is 23.9 Å². The number of carbonyl (C=O) groups excluding carboxylic acids is 2. The van der Waals surface area contributed by atoms with Gasteiger partial charge in [0, 0.05) is 59.7 Å². The van der Waals surface area contributed by atoms with Crippen LogP contribution in [0.5, 0.6) is 0 Å². The summed E-state index contributed by atoms with van der Waals surface area (Å²) in [7, 11) is 3.34. The molecule has 0 amide bonds. The Balaban J connectivity index is 1.95. The molecule has 196 valence electrons. The lowest BCUT2D eigenvalue weighted by Gasteiger charge is -2.08. The largest absolute Gasteiger partial charge is 0.545 e. The predicted molar refractivity (Wildman–Crippen MR) is 124 cm³/mol. The van der Waals surface area contributed by atoms with E-state index in [2.05, 4.69) is 0 Å². The summed E-state index contributed by atoms with van der Waals surface area (Å²) in [6, 6.07) is 10.9. The molecule has 0 aromatic carbocycles. The van der Waals surface area contributed by atoms with Gasteiger partial charge in [-0.05, 0) is 0 Å². The topological polar surface area (TPSA) is 170 Å². The second-order valence-corrected chi connectivity index (χ2v) is 8.69. The Hall–Kier alpha value is -5.52. The molecular weight excluding hydrogens is 508 g/mol. The molecule has 2 N–H and O–H groups in total. The maximum atomic E-state index is 11.6. The van der Waals surface area contributed by atoms with Gasteiger partial charge >= 0.3 is 18.6 Å². The van der Waals surface area contributed by atoms with E-state index in [4.69, 9.17) is 0 Å². The third kappa shape index (κ3) is 5.44. The highest BCUT2D eigenvalue weighted by Gasteiger charge is 2.30. The first-order valence-electron chi connectivity index (χ1n) is 11.4. The Morgan fingerprint density at radius 2 is 0.923 bits per heavy atom. The zero-order chi connectivity index (χ0) is 28.4. The number of aromatic carboxylic acids is 4. The summed E-state index contributed by atoms with van der Waals surface area (Å²) in [6.07, 6.45) is 6.01. The molecule has 0 saturated carbocycles. The number of carboxylic acid groups (broad SMARTS) is 4. The first kappa shape index (κ1) is 26.5. The minimum atomic E-state index is -1.43. The summed E-state index contributed by atoms with van der Waals surface area (Å²) < 4.78 is 6.52. The summed E-state index contributed by atoms with van der Waals surface area (Å²) in [6.45, 7) is -0.0000794. The number of nitrogens with zero attached hydrogens (tertiary/aromatic N) is 4. The molecule has 0 atom stereocenters. The summed E-state index contributed by atoms with van der Waals surface area (Å²) in [4.78, 5) is 46.5. The van der Waals surface area contributed by atoms with E-state index >= 15 is 0 Å². The van der Waals surface area contributed by atoms with Crippen LogP contribution in [-0.2, 0) is 20.8 Å². The smallest absolute Gasteiger partial charge is 0.345 e. The van der Waals surface area contributed by atoms with Crippen LogP contribution in [0.2, 0.25) is 0 Å². The maximum Gasteiger partial charge on any atom is 0.345 e. The molecular formula is C27H22N4O8+2. The highest BCUT2D eigenvalue weighted by Crippen LogP contribution is 2.17. The maximum absolute atomic E-state index is 11.6. The van der Waals surface area contributed by atoms with Gasteiger partial charge in [-0.25, -0.2) is 9.59 Å². The summed E-state index contributed by atoms with van der Waals surface area (Å²) >= 11 is 0. The third-order valence-corrected chi connectivity index (χ3v) is 6.17. The Morgan fingerprint density at radius 1 is 0.590 bits per heavy atom. The fourth-order valence-electron chi connectivity index (χ4n) is 4.08. The van der Waals surface area contributed by atoms with Crippen LogP contribution in [0.1, 0.15) is 41.4 Å². The van der Waals surface area contributed by atoms with Crippen molar-refractivity contribution in [2.75, 3.05) is 0 Å². The molecule has 0 bridgehead atoms. The van der Waals surface area contributed by atoms with Crippen molar-refractivity contribution in [1.29, 1.82) is 0 Å². The molecule has 12 heteroatoms. The van der Waals surface area contributed by atoms with Crippen LogP contribution in [0.4, 0.5) is 0 Å². The molecule has 0 radical (unpaired) electrons. The molecule has 0 aliphatic rings. The van der Waals surface area contributed by atoms with Gasteiger partial charge in [0.1, 0.15) is 14.1 Å². The zero-order valence-electron chi connectivity index (χ0n) is 20.8. The molecule has 4 aromatic heterocycles. The fourth-order valence-corrected chi connectivity index (χ4v) is 4.08. The molecule has 0 saturated heterocycles. The lowest BCUT2D eigenvalue weighted by molar-refractivity contribution is -0.906. The van der Waals surface area contributed by atoms with Gasteiger partial charge in [0.15, 0.2) is 24.8 Å². The summed E-state index contributed by atoms with van der Waals surface area (Å²) in [5.74, 6) is -5.19. The molecule has 39 heavy (non-hydrogen) atoms. The molecule has 0 spiro atoms. The summed E-state index contributed by atoms with van der Waals surface area (Å²) in [5.41, 5.74) is 1.10. The van der Waals surface area contributed by atoms with Gasteiger partial charge in [0.05, 0.1) is 23.1 Å². The second kappa shape index (κ2) is 10.5. The standard InChI is InChI=1S/C27H20N4O8/c1-28-7-3-16(24(32)33)11-20(28)22-13-18(26(36)37)5-9-30(22)15-31-10-6-19(27(38)39)14-23(31)21-12-17(25(34)35)4-8-29(21)2/h3-14H,15H2,1-2H3/p+2. The normalized spacial score (nSPS) is 10.7. The average Bonchev–Trinajstić information content (AvgIpc) is 2.89. The van der Waals surface area contributed by atoms with Crippen LogP contribution in [-0.4, -0.2) is 34.1 Å². The van der Waals surface area contributed by atoms with Crippen LogP contribution in [0, 0.1) is 0 Å². The highest BCUT2D eigenvalue weighted by atomic mass is 16.4. The number of aryl methyl sites for hydroxylation is 2. The third-order valence-electron chi connectivity index (χ3n) is 6.17. The van der Waals surface area contributed by atoms with Crippen molar-refractivity contribution in [1.82, 2.24) is 0 Å². The van der Waals surface area contributed by atoms with Gasteiger partial charge in [-0.3, -0.25) is 0 Å². The van der Waals surface area contributed by atoms with E-state index in [0.29, 0.717) is 22.8 Å². The van der Waals surface area contributed by atoms with Crippen LogP contribution in [0.25, 0.3) is 22.8 Å². The van der Waals surface area contributed by atoms with Gasteiger partial charge in [-0.15, -0.1) is 9.13 Å². The fraction of sp³-hybridized carbons (Fsp3) is 0.111. The van der Waals surface area contributed by atoms with Crippen LogP contribution in [0.15, 0.2) is 73.3 Å². The van der Waals surface area contributed by atoms with Crippen molar-refractivity contribution < 1.29 is 57.9 Å². The molecule has 4 rings (SSSR count). The van der Waals surface area contributed by atoms with E-state index in [9.17, 15) is 39.6 Å². The number of carbonyl (C=O) groups is 4.